The smallest absolute Gasteiger partial charge is 0.396 e. The normalized spacial score (nSPS) is 11.9. The molecule has 0 aromatic carbocycles. The van der Waals surface area contributed by atoms with Gasteiger partial charge in [-0.25, -0.2) is 19.9 Å². The SMILES string of the molecule is C[C@H](NC(=O)c1ncnc(C#CCCCO)c1Cl)c1ncc(C(=O)Nc2cc(C(F)(F)F)c(Cl)cn2)s1. The molecule has 3 N–H and O–H groups in total. The summed E-state index contributed by atoms with van der Waals surface area (Å²) in [6.45, 7) is 1.61. The molecule has 0 aliphatic heterocycles. The van der Waals surface area contributed by atoms with E-state index in [4.69, 9.17) is 28.3 Å². The Bertz CT molecular complexity index is 1370. The van der Waals surface area contributed by atoms with Crippen LogP contribution in [-0.4, -0.2) is 43.5 Å². The molecule has 0 saturated carbocycles. The van der Waals surface area contributed by atoms with Gasteiger partial charge in [0.05, 0.1) is 22.8 Å². The molecule has 1 atom stereocenters. The zero-order chi connectivity index (χ0) is 27.2. The fourth-order valence-electron chi connectivity index (χ4n) is 2.75. The third kappa shape index (κ3) is 7.36. The van der Waals surface area contributed by atoms with Crippen LogP contribution >= 0.6 is 34.5 Å². The molecule has 9 nitrogen and oxygen atoms in total. The van der Waals surface area contributed by atoms with E-state index >= 15 is 0 Å². The fourth-order valence-corrected chi connectivity index (χ4v) is 4.01. The maximum Gasteiger partial charge on any atom is 0.418 e. The Labute approximate surface area is 222 Å². The number of halogens is 5. The summed E-state index contributed by atoms with van der Waals surface area (Å²) in [5.74, 6) is 3.80. The average molecular weight is 573 g/mol. The van der Waals surface area contributed by atoms with Crippen molar-refractivity contribution < 1.29 is 27.9 Å². The molecule has 194 valence electrons. The number of rotatable bonds is 7. The van der Waals surface area contributed by atoms with Gasteiger partial charge in [0.15, 0.2) is 5.69 Å². The van der Waals surface area contributed by atoms with Crippen LogP contribution in [0.2, 0.25) is 10.0 Å². The maximum absolute atomic E-state index is 13.0. The molecule has 0 radical (unpaired) electrons. The van der Waals surface area contributed by atoms with Crippen molar-refractivity contribution in [2.75, 3.05) is 11.9 Å². The van der Waals surface area contributed by atoms with Crippen molar-refractivity contribution in [3.63, 3.8) is 0 Å². The van der Waals surface area contributed by atoms with E-state index in [1.807, 2.05) is 0 Å². The van der Waals surface area contributed by atoms with Gasteiger partial charge >= 0.3 is 6.18 Å². The lowest BCUT2D eigenvalue weighted by atomic mass is 10.2. The Hall–Kier alpha value is -3.31. The topological polar surface area (TPSA) is 130 Å². The molecule has 0 aliphatic rings. The second-order valence-electron chi connectivity index (χ2n) is 7.27. The second-order valence-corrected chi connectivity index (χ2v) is 9.12. The van der Waals surface area contributed by atoms with E-state index in [9.17, 15) is 22.8 Å². The largest absolute Gasteiger partial charge is 0.418 e. The first-order chi connectivity index (χ1) is 17.5. The van der Waals surface area contributed by atoms with E-state index in [0.29, 0.717) is 23.9 Å². The van der Waals surface area contributed by atoms with Crippen LogP contribution in [0.25, 0.3) is 0 Å². The monoisotopic (exact) mass is 572 g/mol. The highest BCUT2D eigenvalue weighted by atomic mass is 35.5. The van der Waals surface area contributed by atoms with Crippen molar-refractivity contribution in [2.45, 2.75) is 32.0 Å². The number of amides is 2. The zero-order valence-electron chi connectivity index (χ0n) is 18.9. The number of nitrogens with zero attached hydrogens (tertiary/aromatic N) is 4. The van der Waals surface area contributed by atoms with Gasteiger partial charge in [-0.3, -0.25) is 9.59 Å². The number of nitrogens with one attached hydrogen (secondary N) is 2. The van der Waals surface area contributed by atoms with Crippen LogP contribution in [0.4, 0.5) is 19.0 Å². The fraction of sp³-hybridized carbons (Fsp3) is 0.273. The number of aliphatic hydroxyl groups is 1. The summed E-state index contributed by atoms with van der Waals surface area (Å²) in [6, 6.07) is -0.0449. The minimum atomic E-state index is -4.72. The number of unbranched alkanes of at least 4 members (excludes halogenated alkanes) is 1. The van der Waals surface area contributed by atoms with Crippen LogP contribution in [0.3, 0.4) is 0 Å². The molecule has 3 rings (SSSR count). The number of thiazole rings is 1. The van der Waals surface area contributed by atoms with Gasteiger partial charge in [0.1, 0.15) is 32.7 Å². The standard InChI is InChI=1S/C22H17Cl2F3N6O3S/c1-11(32-20(36)18-17(24)14(30-10-31-18)5-3-2-4-6-34)21-29-9-15(37-21)19(35)33-16-7-12(22(25,26)27)13(23)8-28-16/h7-11,34H,2,4,6H2,1H3,(H,32,36)(H,28,33,35)/t11-/m0/s1. The second kappa shape index (κ2) is 12.3. The number of hydrogen-bond acceptors (Lipinski definition) is 8. The van der Waals surface area contributed by atoms with E-state index in [-0.39, 0.29) is 33.7 Å². The van der Waals surface area contributed by atoms with Crippen LogP contribution in [0.1, 0.15) is 62.2 Å². The zero-order valence-corrected chi connectivity index (χ0v) is 21.2. The lowest BCUT2D eigenvalue weighted by Gasteiger charge is -2.12. The number of anilines is 1. The molecule has 0 saturated heterocycles. The lowest BCUT2D eigenvalue weighted by molar-refractivity contribution is -0.137. The van der Waals surface area contributed by atoms with Crippen LogP contribution in [0.5, 0.6) is 0 Å². The molecular formula is C22H17Cl2F3N6O3S. The molecule has 2 amide bonds. The van der Waals surface area contributed by atoms with Gasteiger partial charge in [-0.15, -0.1) is 11.3 Å². The molecule has 3 aromatic heterocycles. The summed E-state index contributed by atoms with van der Waals surface area (Å²) in [5, 5.41) is 13.4. The summed E-state index contributed by atoms with van der Waals surface area (Å²) in [4.78, 5) is 40.9. The van der Waals surface area contributed by atoms with Gasteiger partial charge in [-0.2, -0.15) is 13.2 Å². The quantitative estimate of drug-likeness (QED) is 0.280. The highest BCUT2D eigenvalue weighted by molar-refractivity contribution is 7.13. The van der Waals surface area contributed by atoms with Crippen molar-refractivity contribution in [3.8, 4) is 11.8 Å². The minimum absolute atomic E-state index is 0.00509. The van der Waals surface area contributed by atoms with Crippen molar-refractivity contribution >= 4 is 52.2 Å². The van der Waals surface area contributed by atoms with Gasteiger partial charge in [-0.05, 0) is 25.3 Å². The predicted octanol–water partition coefficient (Wildman–Crippen LogP) is 4.52. The first-order valence-electron chi connectivity index (χ1n) is 10.4. The summed E-state index contributed by atoms with van der Waals surface area (Å²) in [6.07, 6.45) is -0.657. The van der Waals surface area contributed by atoms with Crippen molar-refractivity contribution in [1.29, 1.82) is 0 Å². The molecular weight excluding hydrogens is 556 g/mol. The molecule has 3 aromatic rings. The molecule has 0 spiro atoms. The number of aliphatic hydroxyl groups excluding tert-OH is 1. The molecule has 0 bridgehead atoms. The van der Waals surface area contributed by atoms with E-state index in [0.717, 1.165) is 23.9 Å². The third-order valence-corrected chi connectivity index (χ3v) is 6.38. The van der Waals surface area contributed by atoms with Crippen LogP contribution in [0.15, 0.2) is 24.8 Å². The first kappa shape index (κ1) is 28.3. The van der Waals surface area contributed by atoms with E-state index in [2.05, 4.69) is 42.4 Å². The highest BCUT2D eigenvalue weighted by Crippen LogP contribution is 2.35. The average Bonchev–Trinajstić information content (AvgIpc) is 3.34. The minimum Gasteiger partial charge on any atom is -0.396 e. The molecule has 37 heavy (non-hydrogen) atoms. The van der Waals surface area contributed by atoms with Crippen molar-refractivity contribution in [2.24, 2.45) is 0 Å². The van der Waals surface area contributed by atoms with Crippen LogP contribution < -0.4 is 10.6 Å². The molecule has 0 aliphatic carbocycles. The van der Waals surface area contributed by atoms with E-state index in [1.54, 1.807) is 6.92 Å². The summed E-state index contributed by atoms with van der Waals surface area (Å²) in [7, 11) is 0. The summed E-state index contributed by atoms with van der Waals surface area (Å²) >= 11 is 12.7. The summed E-state index contributed by atoms with van der Waals surface area (Å²) in [5.41, 5.74) is -1.09. The lowest BCUT2D eigenvalue weighted by Crippen LogP contribution is -2.28. The first-order valence-corrected chi connectivity index (χ1v) is 12.0. The van der Waals surface area contributed by atoms with Gasteiger partial charge < -0.3 is 15.7 Å². The highest BCUT2D eigenvalue weighted by Gasteiger charge is 2.34. The number of hydrogen-bond donors (Lipinski definition) is 3. The van der Waals surface area contributed by atoms with Gasteiger partial charge in [0, 0.05) is 19.2 Å². The van der Waals surface area contributed by atoms with Crippen LogP contribution in [0, 0.1) is 11.8 Å². The molecule has 0 fully saturated rings. The van der Waals surface area contributed by atoms with Gasteiger partial charge in [0.2, 0.25) is 0 Å². The number of pyridine rings is 1. The van der Waals surface area contributed by atoms with Crippen LogP contribution in [-0.2, 0) is 6.18 Å². The molecule has 15 heteroatoms. The van der Waals surface area contributed by atoms with Crippen molar-refractivity contribution in [1.82, 2.24) is 25.3 Å². The summed E-state index contributed by atoms with van der Waals surface area (Å²) < 4.78 is 39.1. The maximum atomic E-state index is 13.0. The Kier molecular flexibility index (Phi) is 9.39. The van der Waals surface area contributed by atoms with Crippen molar-refractivity contribution in [3.05, 3.63) is 61.7 Å². The molecule has 0 unspecified atom stereocenters. The molecule has 3 heterocycles. The number of carbonyl (C=O) groups excluding carboxylic acids is 2. The Balaban J connectivity index is 1.68. The predicted molar refractivity (Wildman–Crippen MR) is 130 cm³/mol. The third-order valence-electron chi connectivity index (χ3n) is 4.54. The van der Waals surface area contributed by atoms with E-state index < -0.39 is 34.6 Å². The number of carbonyl (C=O) groups is 2. The van der Waals surface area contributed by atoms with Gasteiger partial charge in [0.25, 0.3) is 11.8 Å². The Morgan fingerprint density at radius 1 is 1.16 bits per heavy atom. The van der Waals surface area contributed by atoms with E-state index in [1.165, 1.54) is 6.20 Å². The Morgan fingerprint density at radius 3 is 2.62 bits per heavy atom. The van der Waals surface area contributed by atoms with Gasteiger partial charge in [-0.1, -0.05) is 29.1 Å². The number of alkyl halides is 3. The Morgan fingerprint density at radius 2 is 1.92 bits per heavy atom. The number of aromatic nitrogens is 4.